The second kappa shape index (κ2) is 9.04. The summed E-state index contributed by atoms with van der Waals surface area (Å²) in [7, 11) is 3.13. The van der Waals surface area contributed by atoms with Crippen LogP contribution >= 0.6 is 0 Å². The molecule has 1 unspecified atom stereocenters. The summed E-state index contributed by atoms with van der Waals surface area (Å²) in [5.74, 6) is 1.88. The van der Waals surface area contributed by atoms with Crippen molar-refractivity contribution in [3.63, 3.8) is 0 Å². The Morgan fingerprint density at radius 3 is 2.55 bits per heavy atom. The van der Waals surface area contributed by atoms with Gasteiger partial charge in [-0.25, -0.2) is 4.79 Å². The van der Waals surface area contributed by atoms with Crippen LogP contribution in [0.4, 0.5) is 10.5 Å². The van der Waals surface area contributed by atoms with E-state index in [1.807, 2.05) is 48.2 Å². The van der Waals surface area contributed by atoms with Crippen LogP contribution < -0.4 is 19.5 Å². The minimum absolute atomic E-state index is 0.196. The lowest BCUT2D eigenvalue weighted by Crippen LogP contribution is -2.44. The maximum absolute atomic E-state index is 13.4. The van der Waals surface area contributed by atoms with Crippen LogP contribution in [-0.4, -0.2) is 42.9 Å². The van der Waals surface area contributed by atoms with Gasteiger partial charge in [-0.05, 0) is 48.9 Å². The molecule has 0 saturated carbocycles. The van der Waals surface area contributed by atoms with Crippen LogP contribution in [0.15, 0.2) is 60.8 Å². The second-order valence-corrected chi connectivity index (χ2v) is 7.20. The number of benzene rings is 2. The van der Waals surface area contributed by atoms with Crippen LogP contribution in [0.2, 0.25) is 0 Å². The minimum Gasteiger partial charge on any atom is -0.494 e. The molecule has 2 heterocycles. The average Bonchev–Trinajstić information content (AvgIpc) is 3.28. The third-order valence-corrected chi connectivity index (χ3v) is 5.45. The lowest BCUT2D eigenvalue weighted by Gasteiger charge is -2.37. The number of methoxy groups -OCH3 is 2. The van der Waals surface area contributed by atoms with Gasteiger partial charge < -0.3 is 29.0 Å². The van der Waals surface area contributed by atoms with Crippen molar-refractivity contribution < 1.29 is 19.0 Å². The zero-order valence-electron chi connectivity index (χ0n) is 18.0. The molecule has 1 aliphatic heterocycles. The monoisotopic (exact) mass is 421 g/mol. The zero-order valence-corrected chi connectivity index (χ0v) is 18.0. The molecule has 1 aromatic heterocycles. The summed E-state index contributed by atoms with van der Waals surface area (Å²) in [5, 5.41) is 3.01. The molecule has 0 spiro atoms. The maximum atomic E-state index is 13.4. The number of nitrogens with zero attached hydrogens (tertiary/aromatic N) is 2. The van der Waals surface area contributed by atoms with Crippen molar-refractivity contribution in [2.45, 2.75) is 19.5 Å². The van der Waals surface area contributed by atoms with Crippen LogP contribution in [0.1, 0.15) is 24.2 Å². The predicted molar refractivity (Wildman–Crippen MR) is 119 cm³/mol. The Kier molecular flexibility index (Phi) is 6.02. The molecular weight excluding hydrogens is 394 g/mol. The summed E-state index contributed by atoms with van der Waals surface area (Å²) in [6.07, 6.45) is 2.05. The minimum atomic E-state index is -0.212. The van der Waals surface area contributed by atoms with Gasteiger partial charge >= 0.3 is 6.03 Å². The Bertz CT molecular complexity index is 1050. The smallest absolute Gasteiger partial charge is 0.322 e. The fraction of sp³-hybridized carbons (Fsp3) is 0.292. The van der Waals surface area contributed by atoms with Gasteiger partial charge in [-0.2, -0.15) is 0 Å². The number of para-hydroxylation sites is 1. The number of carbonyl (C=O) groups is 1. The van der Waals surface area contributed by atoms with E-state index in [-0.39, 0.29) is 12.1 Å². The van der Waals surface area contributed by atoms with Gasteiger partial charge in [0.2, 0.25) is 0 Å². The number of aromatic nitrogens is 1. The fourth-order valence-corrected chi connectivity index (χ4v) is 4.04. The molecule has 2 amide bonds. The van der Waals surface area contributed by atoms with E-state index in [0.29, 0.717) is 30.3 Å². The Hall–Kier alpha value is -3.61. The number of nitrogens with one attached hydrogen (secondary N) is 1. The van der Waals surface area contributed by atoms with E-state index in [2.05, 4.69) is 22.1 Å². The first-order valence-corrected chi connectivity index (χ1v) is 10.3. The van der Waals surface area contributed by atoms with E-state index < -0.39 is 0 Å². The first-order valence-electron chi connectivity index (χ1n) is 10.3. The van der Waals surface area contributed by atoms with Gasteiger partial charge in [-0.1, -0.05) is 18.2 Å². The highest BCUT2D eigenvalue weighted by atomic mass is 16.5. The number of urea groups is 1. The lowest BCUT2D eigenvalue weighted by atomic mass is 10.00. The first-order chi connectivity index (χ1) is 15.2. The average molecular weight is 421 g/mol. The van der Waals surface area contributed by atoms with Gasteiger partial charge in [0, 0.05) is 25.0 Å². The number of hydrogen-bond donors (Lipinski definition) is 1. The highest BCUT2D eigenvalue weighted by molar-refractivity contribution is 5.92. The topological polar surface area (TPSA) is 65.0 Å². The van der Waals surface area contributed by atoms with E-state index in [1.54, 1.807) is 26.4 Å². The molecule has 0 saturated heterocycles. The Labute approximate surface area is 182 Å². The molecule has 1 N–H and O–H groups in total. The van der Waals surface area contributed by atoms with Gasteiger partial charge in [0.1, 0.15) is 5.75 Å². The normalized spacial score (nSPS) is 15.2. The molecule has 3 aromatic rings. The molecule has 0 aliphatic carbocycles. The molecule has 2 aromatic carbocycles. The Morgan fingerprint density at radius 2 is 1.84 bits per heavy atom. The van der Waals surface area contributed by atoms with Gasteiger partial charge in [-0.15, -0.1) is 0 Å². The van der Waals surface area contributed by atoms with Crippen LogP contribution in [0.25, 0.3) is 0 Å². The number of anilines is 1. The van der Waals surface area contributed by atoms with Crippen molar-refractivity contribution >= 4 is 11.7 Å². The number of carbonyl (C=O) groups excluding carboxylic acids is 1. The highest BCUT2D eigenvalue weighted by Crippen LogP contribution is 2.37. The molecule has 0 fully saturated rings. The number of rotatable bonds is 6. The summed E-state index contributed by atoms with van der Waals surface area (Å²) >= 11 is 0. The van der Waals surface area contributed by atoms with Crippen molar-refractivity contribution in [1.29, 1.82) is 0 Å². The van der Waals surface area contributed by atoms with Crippen molar-refractivity contribution in [2.24, 2.45) is 0 Å². The van der Waals surface area contributed by atoms with Crippen molar-refractivity contribution in [3.8, 4) is 17.2 Å². The maximum Gasteiger partial charge on any atom is 0.322 e. The summed E-state index contributed by atoms with van der Waals surface area (Å²) in [6, 6.07) is 17.0. The van der Waals surface area contributed by atoms with Crippen molar-refractivity contribution in [2.75, 3.05) is 32.7 Å². The largest absolute Gasteiger partial charge is 0.494 e. The molecule has 162 valence electrons. The van der Waals surface area contributed by atoms with E-state index in [4.69, 9.17) is 14.2 Å². The van der Waals surface area contributed by atoms with Gasteiger partial charge in [0.05, 0.1) is 32.6 Å². The van der Waals surface area contributed by atoms with E-state index in [9.17, 15) is 4.79 Å². The van der Waals surface area contributed by atoms with E-state index in [0.717, 1.165) is 23.6 Å². The van der Waals surface area contributed by atoms with Crippen LogP contribution in [0.5, 0.6) is 17.2 Å². The molecule has 1 atom stereocenters. The summed E-state index contributed by atoms with van der Waals surface area (Å²) in [4.78, 5) is 15.3. The molecule has 1 aliphatic rings. The Morgan fingerprint density at radius 1 is 1.03 bits per heavy atom. The SMILES string of the molecule is CCOc1ccc(C2c3cccn3CCN2C(=O)Nc2cccc(OC)c2OC)cc1. The number of amides is 2. The summed E-state index contributed by atoms with van der Waals surface area (Å²) < 4.78 is 18.6. The third kappa shape index (κ3) is 4.03. The van der Waals surface area contributed by atoms with Crippen LogP contribution in [0.3, 0.4) is 0 Å². The Balaban J connectivity index is 1.65. The number of hydrogen-bond acceptors (Lipinski definition) is 4. The first kappa shape index (κ1) is 20.7. The lowest BCUT2D eigenvalue weighted by molar-refractivity contribution is 0.181. The van der Waals surface area contributed by atoms with Crippen molar-refractivity contribution in [3.05, 3.63) is 72.1 Å². The molecule has 0 bridgehead atoms. The third-order valence-electron chi connectivity index (χ3n) is 5.45. The predicted octanol–water partition coefficient (Wildman–Crippen LogP) is 4.54. The number of fused-ring (bicyclic) bond motifs is 1. The van der Waals surface area contributed by atoms with E-state index in [1.165, 1.54) is 0 Å². The molecule has 7 nitrogen and oxygen atoms in total. The molecular formula is C24H27N3O4. The van der Waals surface area contributed by atoms with Gasteiger partial charge in [0.25, 0.3) is 0 Å². The number of ether oxygens (including phenoxy) is 3. The summed E-state index contributed by atoms with van der Waals surface area (Å²) in [6.45, 7) is 3.89. The zero-order chi connectivity index (χ0) is 21.8. The second-order valence-electron chi connectivity index (χ2n) is 7.20. The molecule has 0 radical (unpaired) electrons. The molecule has 4 rings (SSSR count). The fourth-order valence-electron chi connectivity index (χ4n) is 4.04. The standard InChI is InChI=1S/C24H27N3O4/c1-4-31-18-12-10-17(11-13-18)22-20-8-6-14-26(20)15-16-27(22)24(28)25-19-7-5-9-21(29-2)23(19)30-3/h5-14,22H,4,15-16H2,1-3H3,(H,25,28). The highest BCUT2D eigenvalue weighted by Gasteiger charge is 2.32. The van der Waals surface area contributed by atoms with Crippen LogP contribution in [-0.2, 0) is 6.54 Å². The molecule has 7 heteroatoms. The van der Waals surface area contributed by atoms with Crippen LogP contribution in [0, 0.1) is 0 Å². The van der Waals surface area contributed by atoms with Gasteiger partial charge in [-0.3, -0.25) is 0 Å². The van der Waals surface area contributed by atoms with E-state index >= 15 is 0 Å². The summed E-state index contributed by atoms with van der Waals surface area (Å²) in [5.41, 5.74) is 2.66. The quantitative estimate of drug-likeness (QED) is 0.635. The van der Waals surface area contributed by atoms with Crippen molar-refractivity contribution in [1.82, 2.24) is 9.47 Å². The van der Waals surface area contributed by atoms with Gasteiger partial charge in [0.15, 0.2) is 11.5 Å². The molecule has 31 heavy (non-hydrogen) atoms.